The molecule has 0 aliphatic carbocycles. The highest BCUT2D eigenvalue weighted by Crippen LogP contribution is 2.20. The van der Waals surface area contributed by atoms with E-state index in [1.54, 1.807) is 24.3 Å². The second-order valence-electron chi connectivity index (χ2n) is 5.19. The molecule has 0 spiro atoms. The van der Waals surface area contributed by atoms with Crippen molar-refractivity contribution >= 4 is 11.9 Å². The highest BCUT2D eigenvalue weighted by atomic mass is 16.4. The molecule has 0 aromatic carbocycles. The van der Waals surface area contributed by atoms with E-state index in [1.165, 1.54) is 0 Å². The van der Waals surface area contributed by atoms with E-state index in [4.69, 9.17) is 9.52 Å². The Morgan fingerprint density at radius 3 is 3.00 bits per heavy atom. The Hall–Kier alpha value is -1.82. The number of aliphatic carboxylic acids is 1. The Morgan fingerprint density at radius 1 is 1.55 bits per heavy atom. The van der Waals surface area contributed by atoms with Crippen LogP contribution >= 0.6 is 0 Å². The van der Waals surface area contributed by atoms with Gasteiger partial charge in [-0.2, -0.15) is 0 Å². The molecule has 1 unspecified atom stereocenters. The van der Waals surface area contributed by atoms with Crippen LogP contribution in [-0.2, 0) is 16.1 Å². The van der Waals surface area contributed by atoms with Crippen LogP contribution < -0.4 is 0 Å². The fraction of sp³-hybridized carbons (Fsp3) is 0.571. The van der Waals surface area contributed by atoms with Gasteiger partial charge >= 0.3 is 5.97 Å². The molecule has 1 aromatic rings. The van der Waals surface area contributed by atoms with Gasteiger partial charge in [-0.25, -0.2) is 0 Å². The van der Waals surface area contributed by atoms with Gasteiger partial charge in [0.1, 0.15) is 5.76 Å². The minimum Gasteiger partial charge on any atom is -0.481 e. The Kier molecular flexibility index (Phi) is 4.79. The molecule has 2 rings (SSSR count). The standard InChI is InChI=1S/C14H20N2O4/c1-15(9-12-5-3-7-20-12)13(17)10-16-6-2-4-11(16)8-14(18)19/h3,5,7,11H,2,4,6,8-10H2,1H3,(H,18,19). The number of hydrogen-bond donors (Lipinski definition) is 1. The molecule has 1 N–H and O–H groups in total. The normalized spacial score (nSPS) is 19.1. The van der Waals surface area contributed by atoms with E-state index in [-0.39, 0.29) is 24.9 Å². The Bertz CT molecular complexity index is 458. The van der Waals surface area contributed by atoms with Crippen LogP contribution in [0.5, 0.6) is 0 Å². The van der Waals surface area contributed by atoms with Crippen molar-refractivity contribution < 1.29 is 19.1 Å². The number of likely N-dealkylation sites (N-methyl/N-ethyl adjacent to an activating group) is 1. The molecule has 0 saturated carbocycles. The van der Waals surface area contributed by atoms with Crippen molar-refractivity contribution in [3.63, 3.8) is 0 Å². The van der Waals surface area contributed by atoms with E-state index < -0.39 is 5.97 Å². The summed E-state index contributed by atoms with van der Waals surface area (Å²) in [7, 11) is 1.73. The van der Waals surface area contributed by atoms with Crippen molar-refractivity contribution in [1.29, 1.82) is 0 Å². The van der Waals surface area contributed by atoms with Gasteiger partial charge in [0.25, 0.3) is 0 Å². The number of carboxylic acid groups (broad SMARTS) is 1. The smallest absolute Gasteiger partial charge is 0.304 e. The number of rotatable bonds is 6. The van der Waals surface area contributed by atoms with Crippen molar-refractivity contribution in [2.45, 2.75) is 31.8 Å². The minimum absolute atomic E-state index is 0.0151. The van der Waals surface area contributed by atoms with Crippen molar-refractivity contribution in [2.75, 3.05) is 20.1 Å². The summed E-state index contributed by atoms with van der Waals surface area (Å²) in [5.74, 6) is -0.0821. The lowest BCUT2D eigenvalue weighted by atomic mass is 10.1. The van der Waals surface area contributed by atoms with Crippen molar-refractivity contribution in [3.05, 3.63) is 24.2 Å². The maximum atomic E-state index is 12.2. The predicted molar refractivity (Wildman–Crippen MR) is 72.0 cm³/mol. The summed E-state index contributed by atoms with van der Waals surface area (Å²) < 4.78 is 5.21. The minimum atomic E-state index is -0.807. The molecule has 1 atom stereocenters. The highest BCUT2D eigenvalue weighted by molar-refractivity contribution is 5.78. The molecule has 2 heterocycles. The van der Waals surface area contributed by atoms with Gasteiger partial charge < -0.3 is 14.4 Å². The maximum absolute atomic E-state index is 12.2. The molecule has 6 heteroatoms. The highest BCUT2D eigenvalue weighted by Gasteiger charge is 2.28. The number of hydrogen-bond acceptors (Lipinski definition) is 4. The molecule has 0 bridgehead atoms. The molecular weight excluding hydrogens is 260 g/mol. The molecule has 1 aliphatic rings. The van der Waals surface area contributed by atoms with E-state index in [9.17, 15) is 9.59 Å². The first-order valence-electron chi connectivity index (χ1n) is 6.78. The molecule has 1 amide bonds. The topological polar surface area (TPSA) is 74.0 Å². The van der Waals surface area contributed by atoms with Gasteiger partial charge in [-0.05, 0) is 31.5 Å². The zero-order valence-corrected chi connectivity index (χ0v) is 11.6. The SMILES string of the molecule is CN(Cc1ccco1)C(=O)CN1CCCC1CC(=O)O. The summed E-state index contributed by atoms with van der Waals surface area (Å²) in [5, 5.41) is 8.87. The Morgan fingerprint density at radius 2 is 2.35 bits per heavy atom. The molecule has 1 aliphatic heterocycles. The Labute approximate surface area is 118 Å². The third kappa shape index (κ3) is 3.84. The van der Waals surface area contributed by atoms with E-state index >= 15 is 0 Å². The van der Waals surface area contributed by atoms with Crippen molar-refractivity contribution in [2.24, 2.45) is 0 Å². The number of carbonyl (C=O) groups excluding carboxylic acids is 1. The molecule has 6 nitrogen and oxygen atoms in total. The second-order valence-corrected chi connectivity index (χ2v) is 5.19. The van der Waals surface area contributed by atoms with Crippen LogP contribution in [0.1, 0.15) is 25.0 Å². The van der Waals surface area contributed by atoms with E-state index in [0.717, 1.165) is 25.1 Å². The number of likely N-dealkylation sites (tertiary alicyclic amines) is 1. The average molecular weight is 280 g/mol. The van der Waals surface area contributed by atoms with Gasteiger partial charge in [-0.15, -0.1) is 0 Å². The zero-order chi connectivity index (χ0) is 14.5. The number of amides is 1. The van der Waals surface area contributed by atoms with Gasteiger partial charge in [0.05, 0.1) is 25.8 Å². The molecule has 1 aromatic heterocycles. The first-order chi connectivity index (χ1) is 9.56. The van der Waals surface area contributed by atoms with E-state index in [0.29, 0.717) is 6.54 Å². The molecule has 20 heavy (non-hydrogen) atoms. The van der Waals surface area contributed by atoms with Crippen molar-refractivity contribution in [1.82, 2.24) is 9.80 Å². The zero-order valence-electron chi connectivity index (χ0n) is 11.6. The van der Waals surface area contributed by atoms with Crippen LogP contribution in [0.2, 0.25) is 0 Å². The second kappa shape index (κ2) is 6.56. The van der Waals surface area contributed by atoms with E-state index in [1.807, 2.05) is 11.0 Å². The number of nitrogens with zero attached hydrogens (tertiary/aromatic N) is 2. The molecule has 1 fully saturated rings. The van der Waals surface area contributed by atoms with Gasteiger partial charge in [0, 0.05) is 13.1 Å². The lowest BCUT2D eigenvalue weighted by Crippen LogP contribution is -2.41. The van der Waals surface area contributed by atoms with Gasteiger partial charge in [0.2, 0.25) is 5.91 Å². The summed E-state index contributed by atoms with van der Waals surface area (Å²) in [5.41, 5.74) is 0. The van der Waals surface area contributed by atoms with Crippen LogP contribution in [0.15, 0.2) is 22.8 Å². The third-order valence-electron chi connectivity index (χ3n) is 3.65. The lowest BCUT2D eigenvalue weighted by Gasteiger charge is -2.25. The summed E-state index contributed by atoms with van der Waals surface area (Å²) in [4.78, 5) is 26.5. The summed E-state index contributed by atoms with van der Waals surface area (Å²) in [6, 6.07) is 3.60. The quantitative estimate of drug-likeness (QED) is 0.847. The monoisotopic (exact) mass is 280 g/mol. The maximum Gasteiger partial charge on any atom is 0.304 e. The van der Waals surface area contributed by atoms with Crippen molar-refractivity contribution in [3.8, 4) is 0 Å². The van der Waals surface area contributed by atoms with Crippen LogP contribution in [0.25, 0.3) is 0 Å². The number of furan rings is 1. The van der Waals surface area contributed by atoms with Gasteiger partial charge in [-0.1, -0.05) is 0 Å². The first-order valence-corrected chi connectivity index (χ1v) is 6.78. The fourth-order valence-corrected chi connectivity index (χ4v) is 2.55. The summed E-state index contributed by atoms with van der Waals surface area (Å²) in [6.07, 6.45) is 3.49. The van der Waals surface area contributed by atoms with Gasteiger partial charge in [-0.3, -0.25) is 14.5 Å². The number of carboxylic acids is 1. The molecule has 0 radical (unpaired) electrons. The predicted octanol–water partition coefficient (Wildman–Crippen LogP) is 1.18. The van der Waals surface area contributed by atoms with Gasteiger partial charge in [0.15, 0.2) is 0 Å². The van der Waals surface area contributed by atoms with Crippen LogP contribution in [-0.4, -0.2) is 53.0 Å². The molecular formula is C14H20N2O4. The average Bonchev–Trinajstić information content (AvgIpc) is 3.01. The number of carbonyl (C=O) groups is 2. The first kappa shape index (κ1) is 14.6. The van der Waals surface area contributed by atoms with Crippen LogP contribution in [0.3, 0.4) is 0 Å². The summed E-state index contributed by atoms with van der Waals surface area (Å²) >= 11 is 0. The van der Waals surface area contributed by atoms with E-state index in [2.05, 4.69) is 0 Å². The molecule has 110 valence electrons. The third-order valence-corrected chi connectivity index (χ3v) is 3.65. The largest absolute Gasteiger partial charge is 0.481 e. The Balaban J connectivity index is 1.85. The fourth-order valence-electron chi connectivity index (χ4n) is 2.55. The lowest BCUT2D eigenvalue weighted by molar-refractivity contribution is -0.139. The summed E-state index contributed by atoms with van der Waals surface area (Å²) in [6.45, 7) is 1.50. The molecule has 1 saturated heterocycles. The van der Waals surface area contributed by atoms with Crippen LogP contribution in [0.4, 0.5) is 0 Å². The van der Waals surface area contributed by atoms with Crippen LogP contribution in [0, 0.1) is 0 Å².